The van der Waals surface area contributed by atoms with Gasteiger partial charge >= 0.3 is 0 Å². The molecule has 0 amide bonds. The van der Waals surface area contributed by atoms with Crippen molar-refractivity contribution in [3.8, 4) is 0 Å². The molecule has 0 saturated carbocycles. The summed E-state index contributed by atoms with van der Waals surface area (Å²) in [6.45, 7) is 4.71. The second-order valence-corrected chi connectivity index (χ2v) is 7.23. The molecular formula is C15H24N2O3S. The van der Waals surface area contributed by atoms with Crippen molar-refractivity contribution in [2.75, 3.05) is 26.7 Å². The van der Waals surface area contributed by atoms with E-state index in [0.29, 0.717) is 18.0 Å². The van der Waals surface area contributed by atoms with Crippen LogP contribution in [0.2, 0.25) is 0 Å². The fourth-order valence-electron chi connectivity index (χ4n) is 2.51. The van der Waals surface area contributed by atoms with E-state index in [9.17, 15) is 8.42 Å². The van der Waals surface area contributed by atoms with Gasteiger partial charge in [-0.3, -0.25) is 0 Å². The summed E-state index contributed by atoms with van der Waals surface area (Å²) >= 11 is 0. The zero-order chi connectivity index (χ0) is 15.3. The number of rotatable bonds is 6. The summed E-state index contributed by atoms with van der Waals surface area (Å²) in [5.74, 6) is 0. The summed E-state index contributed by atoms with van der Waals surface area (Å²) in [5.41, 5.74) is 1.09. The zero-order valence-electron chi connectivity index (χ0n) is 12.7. The van der Waals surface area contributed by atoms with Gasteiger partial charge in [0.15, 0.2) is 0 Å². The molecule has 1 heterocycles. The van der Waals surface area contributed by atoms with Gasteiger partial charge < -0.3 is 10.1 Å². The maximum absolute atomic E-state index is 12.6. The molecule has 0 aliphatic carbocycles. The summed E-state index contributed by atoms with van der Waals surface area (Å²) in [6, 6.07) is 7.12. The van der Waals surface area contributed by atoms with Crippen LogP contribution < -0.4 is 5.32 Å². The smallest absolute Gasteiger partial charge is 0.243 e. The maximum Gasteiger partial charge on any atom is 0.243 e. The van der Waals surface area contributed by atoms with Crippen LogP contribution >= 0.6 is 0 Å². The van der Waals surface area contributed by atoms with Crippen LogP contribution in [-0.4, -0.2) is 45.6 Å². The predicted molar refractivity (Wildman–Crippen MR) is 82.6 cm³/mol. The number of nitrogens with zero attached hydrogens (tertiary/aromatic N) is 1. The summed E-state index contributed by atoms with van der Waals surface area (Å²) < 4.78 is 32.1. The van der Waals surface area contributed by atoms with Crippen molar-refractivity contribution in [1.82, 2.24) is 9.62 Å². The van der Waals surface area contributed by atoms with Gasteiger partial charge in [0.2, 0.25) is 10.0 Å². The molecule has 6 heteroatoms. The van der Waals surface area contributed by atoms with Crippen LogP contribution in [0.4, 0.5) is 0 Å². The summed E-state index contributed by atoms with van der Waals surface area (Å²) in [7, 11) is -1.77. The van der Waals surface area contributed by atoms with Crippen LogP contribution in [0.15, 0.2) is 29.2 Å². The van der Waals surface area contributed by atoms with Crippen molar-refractivity contribution < 1.29 is 13.2 Å². The number of ether oxygens (including phenoxy) is 1. The average Bonchev–Trinajstić information content (AvgIpc) is 2.53. The van der Waals surface area contributed by atoms with Crippen LogP contribution in [0, 0.1) is 0 Å². The molecule has 1 aliphatic heterocycles. The number of sulfonamides is 1. The monoisotopic (exact) mass is 312 g/mol. The first-order valence-corrected chi connectivity index (χ1v) is 8.84. The van der Waals surface area contributed by atoms with Gasteiger partial charge in [-0.2, -0.15) is 4.31 Å². The Labute approximate surface area is 127 Å². The van der Waals surface area contributed by atoms with Crippen molar-refractivity contribution in [2.45, 2.75) is 37.3 Å². The Morgan fingerprint density at radius 2 is 2.05 bits per heavy atom. The average molecular weight is 312 g/mol. The van der Waals surface area contributed by atoms with Crippen LogP contribution in [0.1, 0.15) is 25.3 Å². The van der Waals surface area contributed by atoms with E-state index in [1.54, 1.807) is 19.2 Å². The third-order valence-corrected chi connectivity index (χ3v) is 5.69. The van der Waals surface area contributed by atoms with Gasteiger partial charge in [-0.15, -0.1) is 0 Å². The number of piperidine rings is 1. The van der Waals surface area contributed by atoms with Crippen molar-refractivity contribution in [3.05, 3.63) is 29.8 Å². The Morgan fingerprint density at radius 1 is 1.33 bits per heavy atom. The van der Waals surface area contributed by atoms with Gasteiger partial charge in [0, 0.05) is 26.7 Å². The molecule has 1 saturated heterocycles. The van der Waals surface area contributed by atoms with Crippen molar-refractivity contribution in [1.29, 1.82) is 0 Å². The van der Waals surface area contributed by atoms with Gasteiger partial charge in [0.25, 0.3) is 0 Å². The zero-order valence-corrected chi connectivity index (χ0v) is 13.5. The Balaban J connectivity index is 2.11. The highest BCUT2D eigenvalue weighted by atomic mass is 32.2. The fraction of sp³-hybridized carbons (Fsp3) is 0.600. The normalized spacial score (nSPS) is 20.6. The third kappa shape index (κ3) is 4.03. The van der Waals surface area contributed by atoms with Crippen LogP contribution in [0.3, 0.4) is 0 Å². The van der Waals surface area contributed by atoms with Crippen LogP contribution in [0.5, 0.6) is 0 Å². The molecule has 0 bridgehead atoms. The summed E-state index contributed by atoms with van der Waals surface area (Å²) in [6.07, 6.45) is 1.77. The highest BCUT2D eigenvalue weighted by Crippen LogP contribution is 2.22. The molecule has 21 heavy (non-hydrogen) atoms. The Morgan fingerprint density at radius 3 is 2.67 bits per heavy atom. The lowest BCUT2D eigenvalue weighted by Gasteiger charge is -2.31. The molecular weight excluding hydrogens is 288 g/mol. The van der Waals surface area contributed by atoms with Crippen LogP contribution in [0.25, 0.3) is 0 Å². The second-order valence-electron chi connectivity index (χ2n) is 5.29. The van der Waals surface area contributed by atoms with Gasteiger partial charge in [0.1, 0.15) is 0 Å². The van der Waals surface area contributed by atoms with Gasteiger partial charge in [-0.05, 0) is 37.1 Å². The van der Waals surface area contributed by atoms with Gasteiger partial charge in [-0.1, -0.05) is 19.1 Å². The fourth-order valence-corrected chi connectivity index (χ4v) is 4.02. The van der Waals surface area contributed by atoms with Crippen LogP contribution in [-0.2, 0) is 21.3 Å². The van der Waals surface area contributed by atoms with Gasteiger partial charge in [-0.25, -0.2) is 8.42 Å². The van der Waals surface area contributed by atoms with E-state index in [2.05, 4.69) is 5.32 Å². The summed E-state index contributed by atoms with van der Waals surface area (Å²) in [4.78, 5) is 0.361. The van der Waals surface area contributed by atoms with E-state index in [1.807, 2.05) is 19.1 Å². The SMILES string of the molecule is CCNCc1ccc(S(=O)(=O)N2CCCC(OC)C2)cc1. The molecule has 1 aromatic rings. The second kappa shape index (κ2) is 7.35. The molecule has 1 aliphatic rings. The molecule has 0 aromatic heterocycles. The van der Waals surface area contributed by atoms with E-state index >= 15 is 0 Å². The number of hydrogen-bond donors (Lipinski definition) is 1. The number of hydrogen-bond acceptors (Lipinski definition) is 4. The molecule has 5 nitrogen and oxygen atoms in total. The molecule has 1 N–H and O–H groups in total. The molecule has 118 valence electrons. The lowest BCUT2D eigenvalue weighted by Crippen LogP contribution is -2.42. The number of methoxy groups -OCH3 is 1. The van der Waals surface area contributed by atoms with E-state index in [4.69, 9.17) is 4.74 Å². The molecule has 1 fully saturated rings. The Hall–Kier alpha value is -0.950. The third-order valence-electron chi connectivity index (χ3n) is 3.81. The van der Waals surface area contributed by atoms with E-state index in [0.717, 1.165) is 31.5 Å². The number of nitrogens with one attached hydrogen (secondary N) is 1. The Bertz CT molecular complexity index is 543. The lowest BCUT2D eigenvalue weighted by atomic mass is 10.1. The largest absolute Gasteiger partial charge is 0.380 e. The van der Waals surface area contributed by atoms with E-state index in [-0.39, 0.29) is 6.10 Å². The van der Waals surface area contributed by atoms with Crippen molar-refractivity contribution in [3.63, 3.8) is 0 Å². The predicted octanol–water partition coefficient (Wildman–Crippen LogP) is 1.60. The molecule has 0 radical (unpaired) electrons. The summed E-state index contributed by atoms with van der Waals surface area (Å²) in [5, 5.41) is 3.22. The molecule has 0 spiro atoms. The molecule has 1 atom stereocenters. The highest BCUT2D eigenvalue weighted by Gasteiger charge is 2.30. The van der Waals surface area contributed by atoms with Crippen molar-refractivity contribution in [2.24, 2.45) is 0 Å². The van der Waals surface area contributed by atoms with Gasteiger partial charge in [0.05, 0.1) is 11.0 Å². The maximum atomic E-state index is 12.6. The first kappa shape index (κ1) is 16.4. The molecule has 1 aromatic carbocycles. The topological polar surface area (TPSA) is 58.6 Å². The first-order valence-electron chi connectivity index (χ1n) is 7.40. The Kier molecular flexibility index (Phi) is 5.75. The minimum Gasteiger partial charge on any atom is -0.380 e. The molecule has 2 rings (SSSR count). The lowest BCUT2D eigenvalue weighted by molar-refractivity contribution is 0.0572. The minimum atomic E-state index is -3.41. The van der Waals surface area contributed by atoms with Crippen molar-refractivity contribution >= 4 is 10.0 Å². The quantitative estimate of drug-likeness (QED) is 0.867. The highest BCUT2D eigenvalue weighted by molar-refractivity contribution is 7.89. The molecule has 1 unspecified atom stereocenters. The number of benzene rings is 1. The van der Waals surface area contributed by atoms with E-state index < -0.39 is 10.0 Å². The van der Waals surface area contributed by atoms with E-state index in [1.165, 1.54) is 4.31 Å². The first-order chi connectivity index (χ1) is 10.1. The minimum absolute atomic E-state index is 0.00144. The standard InChI is InChI=1S/C15H24N2O3S/c1-3-16-11-13-6-8-15(9-7-13)21(18,19)17-10-4-5-14(12-17)20-2/h6-9,14,16H,3-5,10-12H2,1-2H3.